The van der Waals surface area contributed by atoms with Crippen LogP contribution < -0.4 is 15.4 Å². The predicted octanol–water partition coefficient (Wildman–Crippen LogP) is 3.22. The van der Waals surface area contributed by atoms with Gasteiger partial charge in [-0.25, -0.2) is 0 Å². The van der Waals surface area contributed by atoms with E-state index in [1.165, 1.54) is 6.42 Å². The minimum Gasteiger partial charge on any atom is -0.434 e. The zero-order valence-electron chi connectivity index (χ0n) is 15.6. The normalized spacial score (nSPS) is 17.9. The molecule has 1 aliphatic rings. The fourth-order valence-electron chi connectivity index (χ4n) is 3.06. The largest absolute Gasteiger partial charge is 0.434 e. The summed E-state index contributed by atoms with van der Waals surface area (Å²) in [5.74, 6) is 1.47. The molecule has 2 rings (SSSR count). The third-order valence-corrected chi connectivity index (χ3v) is 4.48. The fourth-order valence-corrected chi connectivity index (χ4v) is 3.06. The van der Waals surface area contributed by atoms with Crippen LogP contribution >= 0.6 is 24.0 Å². The number of halogens is 3. The van der Waals surface area contributed by atoms with Crippen molar-refractivity contribution in [2.75, 3.05) is 33.2 Å². The highest BCUT2D eigenvalue weighted by molar-refractivity contribution is 14.0. The van der Waals surface area contributed by atoms with E-state index in [4.69, 9.17) is 0 Å². The van der Waals surface area contributed by atoms with Crippen molar-refractivity contribution < 1.29 is 13.5 Å². The lowest BCUT2D eigenvalue weighted by atomic mass is 10.1. The Balaban J connectivity index is 0.00000338. The summed E-state index contributed by atoms with van der Waals surface area (Å²) in [4.78, 5) is 6.64. The lowest BCUT2D eigenvalue weighted by Crippen LogP contribution is -2.40. The van der Waals surface area contributed by atoms with Gasteiger partial charge in [-0.2, -0.15) is 8.78 Å². The molecule has 2 N–H and O–H groups in total. The smallest absolute Gasteiger partial charge is 0.387 e. The van der Waals surface area contributed by atoms with Crippen molar-refractivity contribution in [3.63, 3.8) is 0 Å². The van der Waals surface area contributed by atoms with Crippen LogP contribution in [0.3, 0.4) is 0 Å². The van der Waals surface area contributed by atoms with E-state index in [0.717, 1.165) is 31.7 Å². The number of aryl methyl sites for hydroxylation is 1. The molecule has 0 aromatic heterocycles. The number of ether oxygens (including phenoxy) is 1. The Hall–Kier alpha value is -1.16. The average molecular weight is 482 g/mol. The lowest BCUT2D eigenvalue weighted by molar-refractivity contribution is -0.0504. The van der Waals surface area contributed by atoms with Gasteiger partial charge in [0.15, 0.2) is 5.96 Å². The molecule has 0 bridgehead atoms. The summed E-state index contributed by atoms with van der Waals surface area (Å²) in [7, 11) is 1.70. The summed E-state index contributed by atoms with van der Waals surface area (Å²) < 4.78 is 29.7. The van der Waals surface area contributed by atoms with Crippen LogP contribution in [0.5, 0.6) is 5.75 Å². The number of rotatable bonds is 7. The van der Waals surface area contributed by atoms with Crippen LogP contribution in [0, 0.1) is 12.8 Å². The molecule has 1 fully saturated rings. The Labute approximate surface area is 171 Å². The molecule has 0 saturated carbocycles. The minimum absolute atomic E-state index is 0. The average Bonchev–Trinajstić information content (AvgIpc) is 3.05. The molecule has 0 aliphatic carbocycles. The van der Waals surface area contributed by atoms with Gasteiger partial charge in [0.25, 0.3) is 0 Å². The second-order valence-corrected chi connectivity index (χ2v) is 6.34. The first kappa shape index (κ1) is 22.9. The van der Waals surface area contributed by atoms with Crippen molar-refractivity contribution >= 4 is 29.9 Å². The van der Waals surface area contributed by atoms with E-state index in [-0.39, 0.29) is 29.7 Å². The quantitative estimate of drug-likeness (QED) is 0.356. The first-order valence-corrected chi connectivity index (χ1v) is 8.73. The number of guanidine groups is 1. The number of likely N-dealkylation sites (tertiary alicyclic amines) is 1. The molecule has 8 heteroatoms. The zero-order chi connectivity index (χ0) is 18.2. The van der Waals surface area contributed by atoms with Gasteiger partial charge in [-0.05, 0) is 38.4 Å². The van der Waals surface area contributed by atoms with Gasteiger partial charge >= 0.3 is 6.61 Å². The van der Waals surface area contributed by atoms with Gasteiger partial charge in [-0.1, -0.05) is 24.6 Å². The number of nitrogens with one attached hydrogen (secondary N) is 2. The molecule has 26 heavy (non-hydrogen) atoms. The van der Waals surface area contributed by atoms with E-state index >= 15 is 0 Å². The van der Waals surface area contributed by atoms with Crippen LogP contribution in [0.2, 0.25) is 0 Å². The van der Waals surface area contributed by atoms with E-state index < -0.39 is 6.61 Å². The van der Waals surface area contributed by atoms with Gasteiger partial charge in [-0.3, -0.25) is 4.99 Å². The van der Waals surface area contributed by atoms with E-state index in [2.05, 4.69) is 32.2 Å². The third kappa shape index (κ3) is 7.22. The second kappa shape index (κ2) is 11.5. The fraction of sp³-hybridized carbons (Fsp3) is 0.611. The molecule has 1 saturated heterocycles. The Bertz CT molecular complexity index is 586. The first-order valence-electron chi connectivity index (χ1n) is 8.73. The minimum atomic E-state index is -2.83. The standard InChI is InChI=1S/C18H28F2N4O.HI/c1-4-24-8-7-14(12-24)10-22-18(21-3)23-11-15-9-13(2)5-6-16(15)25-17(19)20;/h5-6,9,14,17H,4,7-8,10-12H2,1-3H3,(H2,21,22,23);1H. The van der Waals surface area contributed by atoms with Crippen LogP contribution in [0.15, 0.2) is 23.2 Å². The van der Waals surface area contributed by atoms with Crippen molar-refractivity contribution in [2.45, 2.75) is 33.4 Å². The molecule has 1 atom stereocenters. The van der Waals surface area contributed by atoms with E-state index in [9.17, 15) is 8.78 Å². The predicted molar refractivity (Wildman–Crippen MR) is 112 cm³/mol. The summed E-state index contributed by atoms with van der Waals surface area (Å²) in [6.45, 7) is 5.82. The maximum absolute atomic E-state index is 12.5. The number of benzene rings is 1. The number of aliphatic imine (C=N–C) groups is 1. The Morgan fingerprint density at radius 1 is 1.38 bits per heavy atom. The first-order chi connectivity index (χ1) is 12.0. The van der Waals surface area contributed by atoms with Gasteiger partial charge in [0, 0.05) is 32.2 Å². The topological polar surface area (TPSA) is 48.9 Å². The summed E-state index contributed by atoms with van der Waals surface area (Å²) >= 11 is 0. The van der Waals surface area contributed by atoms with Crippen molar-refractivity contribution in [2.24, 2.45) is 10.9 Å². The highest BCUT2D eigenvalue weighted by Crippen LogP contribution is 2.22. The van der Waals surface area contributed by atoms with Crippen LogP contribution in [0.1, 0.15) is 24.5 Å². The van der Waals surface area contributed by atoms with Gasteiger partial charge in [0.1, 0.15) is 5.75 Å². The SMILES string of the molecule is CCN1CCC(CNC(=NC)NCc2cc(C)ccc2OC(F)F)C1.I. The number of hydrogen-bond acceptors (Lipinski definition) is 3. The van der Waals surface area contributed by atoms with Gasteiger partial charge < -0.3 is 20.3 Å². The molecule has 1 unspecified atom stereocenters. The Morgan fingerprint density at radius 2 is 2.15 bits per heavy atom. The summed E-state index contributed by atoms with van der Waals surface area (Å²) in [5.41, 5.74) is 1.67. The van der Waals surface area contributed by atoms with Crippen molar-refractivity contribution in [3.05, 3.63) is 29.3 Å². The molecule has 5 nitrogen and oxygen atoms in total. The second-order valence-electron chi connectivity index (χ2n) is 6.34. The summed E-state index contributed by atoms with van der Waals surface area (Å²) in [6, 6.07) is 5.18. The Morgan fingerprint density at radius 3 is 2.77 bits per heavy atom. The zero-order valence-corrected chi connectivity index (χ0v) is 17.9. The van der Waals surface area contributed by atoms with E-state index in [1.54, 1.807) is 19.2 Å². The molecular formula is C18H29F2IN4O. The molecule has 0 amide bonds. The van der Waals surface area contributed by atoms with Crippen LogP contribution in [0.25, 0.3) is 0 Å². The van der Waals surface area contributed by atoms with Crippen molar-refractivity contribution in [1.82, 2.24) is 15.5 Å². The number of alkyl halides is 2. The van der Waals surface area contributed by atoms with Crippen molar-refractivity contribution in [1.29, 1.82) is 0 Å². The molecule has 0 spiro atoms. The molecular weight excluding hydrogens is 453 g/mol. The molecule has 148 valence electrons. The molecule has 1 aromatic rings. The van der Waals surface area contributed by atoms with Gasteiger partial charge in [0.05, 0.1) is 0 Å². The van der Waals surface area contributed by atoms with Crippen LogP contribution in [-0.2, 0) is 6.54 Å². The molecule has 1 aromatic carbocycles. The van der Waals surface area contributed by atoms with Crippen LogP contribution in [-0.4, -0.2) is 50.7 Å². The highest BCUT2D eigenvalue weighted by Gasteiger charge is 2.21. The lowest BCUT2D eigenvalue weighted by Gasteiger charge is -2.17. The number of hydrogen-bond donors (Lipinski definition) is 2. The summed E-state index contributed by atoms with van der Waals surface area (Å²) in [6.07, 6.45) is 1.18. The molecule has 1 heterocycles. The Kier molecular flexibility index (Phi) is 10.1. The maximum Gasteiger partial charge on any atom is 0.387 e. The third-order valence-electron chi connectivity index (χ3n) is 4.48. The van der Waals surface area contributed by atoms with Crippen LogP contribution in [0.4, 0.5) is 8.78 Å². The monoisotopic (exact) mass is 482 g/mol. The number of nitrogens with zero attached hydrogens (tertiary/aromatic N) is 2. The highest BCUT2D eigenvalue weighted by atomic mass is 127. The van der Waals surface area contributed by atoms with Gasteiger partial charge in [-0.15, -0.1) is 24.0 Å². The van der Waals surface area contributed by atoms with Gasteiger partial charge in [0.2, 0.25) is 0 Å². The van der Waals surface area contributed by atoms with E-state index in [1.807, 2.05) is 13.0 Å². The molecule has 1 aliphatic heterocycles. The van der Waals surface area contributed by atoms with E-state index in [0.29, 0.717) is 24.0 Å². The van der Waals surface area contributed by atoms with Crippen molar-refractivity contribution in [3.8, 4) is 5.75 Å². The molecule has 0 radical (unpaired) electrons. The maximum atomic E-state index is 12.5. The summed E-state index contributed by atoms with van der Waals surface area (Å²) in [5, 5.41) is 6.50.